The van der Waals surface area contributed by atoms with Crippen molar-refractivity contribution in [3.63, 3.8) is 0 Å². The normalized spacial score (nSPS) is 19.8. The number of benzene rings is 2. The lowest BCUT2D eigenvalue weighted by Crippen LogP contribution is -2.33. The van der Waals surface area contributed by atoms with Gasteiger partial charge in [0.25, 0.3) is 0 Å². The van der Waals surface area contributed by atoms with Gasteiger partial charge in [-0.15, -0.1) is 0 Å². The molecule has 0 aromatic heterocycles. The van der Waals surface area contributed by atoms with Gasteiger partial charge in [-0.1, -0.05) is 31.2 Å². The van der Waals surface area contributed by atoms with Gasteiger partial charge in [0.05, 0.1) is 0 Å². The van der Waals surface area contributed by atoms with Gasteiger partial charge >= 0.3 is 0 Å². The molecule has 1 aliphatic heterocycles. The second kappa shape index (κ2) is 4.10. The fraction of sp³-hybridized carbons (Fsp3) is 0.188. The molecule has 2 aromatic carbocycles. The summed E-state index contributed by atoms with van der Waals surface area (Å²) >= 11 is 0. The Morgan fingerprint density at radius 2 is 2.00 bits per heavy atom. The van der Waals surface area contributed by atoms with Crippen molar-refractivity contribution >= 4 is 0 Å². The highest BCUT2D eigenvalue weighted by molar-refractivity contribution is 5.77. The molecule has 0 N–H and O–H groups in total. The van der Waals surface area contributed by atoms with Crippen molar-refractivity contribution in [1.82, 2.24) is 0 Å². The van der Waals surface area contributed by atoms with Gasteiger partial charge in [0, 0.05) is 17.5 Å². The maximum Gasteiger partial charge on any atom is 0.220 e. The highest BCUT2D eigenvalue weighted by atomic mass is 19.1. The maximum atomic E-state index is 13.4. The lowest BCUT2D eigenvalue weighted by Gasteiger charge is -2.34. The van der Waals surface area contributed by atoms with Gasteiger partial charge in [0.2, 0.25) is 5.60 Å². The van der Waals surface area contributed by atoms with Crippen LogP contribution in [-0.4, -0.2) is 0 Å². The van der Waals surface area contributed by atoms with E-state index < -0.39 is 5.60 Å². The zero-order chi connectivity index (χ0) is 13.5. The molecule has 0 saturated heterocycles. The number of nitrogens with zero attached hydrogens (tertiary/aromatic N) is 1. The van der Waals surface area contributed by atoms with Crippen LogP contribution in [0.25, 0.3) is 11.1 Å². The standard InChI is InChI=1S/C16H12FNO/c1-2-16(10-18)14-6-4-3-5-12(14)13-9-11(17)7-8-15(13)19-16/h3-9H,2H2,1H3. The van der Waals surface area contributed by atoms with E-state index in [9.17, 15) is 9.65 Å². The molecule has 1 atom stereocenters. The summed E-state index contributed by atoms with van der Waals surface area (Å²) in [5.41, 5.74) is 1.39. The van der Waals surface area contributed by atoms with Crippen LogP contribution >= 0.6 is 0 Å². The van der Waals surface area contributed by atoms with E-state index in [1.54, 1.807) is 6.07 Å². The molecule has 0 bridgehead atoms. The lowest BCUT2D eigenvalue weighted by atomic mass is 9.83. The lowest BCUT2D eigenvalue weighted by molar-refractivity contribution is 0.120. The Balaban J connectivity index is 2.33. The summed E-state index contributed by atoms with van der Waals surface area (Å²) in [7, 11) is 0. The Kier molecular flexibility index (Phi) is 2.53. The van der Waals surface area contributed by atoms with E-state index >= 15 is 0 Å². The van der Waals surface area contributed by atoms with Crippen LogP contribution in [-0.2, 0) is 5.60 Å². The molecule has 0 spiro atoms. The summed E-state index contributed by atoms with van der Waals surface area (Å²) in [5.74, 6) is 0.251. The van der Waals surface area contributed by atoms with Crippen LogP contribution in [0.1, 0.15) is 18.9 Å². The van der Waals surface area contributed by atoms with Crippen molar-refractivity contribution in [2.45, 2.75) is 18.9 Å². The predicted octanol–water partition coefficient (Wildman–Crippen LogP) is 4.01. The van der Waals surface area contributed by atoms with Gasteiger partial charge in [0.15, 0.2) is 0 Å². The minimum Gasteiger partial charge on any atom is -0.467 e. The van der Waals surface area contributed by atoms with Crippen LogP contribution in [0, 0.1) is 17.1 Å². The molecular weight excluding hydrogens is 241 g/mol. The van der Waals surface area contributed by atoms with Gasteiger partial charge in [-0.2, -0.15) is 5.26 Å². The van der Waals surface area contributed by atoms with Crippen LogP contribution in [0.4, 0.5) is 4.39 Å². The minimum atomic E-state index is -0.985. The Morgan fingerprint density at radius 1 is 1.21 bits per heavy atom. The summed E-state index contributed by atoms with van der Waals surface area (Å²) in [6.45, 7) is 1.91. The number of halogens is 1. The predicted molar refractivity (Wildman–Crippen MR) is 70.0 cm³/mol. The van der Waals surface area contributed by atoms with E-state index in [4.69, 9.17) is 4.74 Å². The average Bonchev–Trinajstić information content (AvgIpc) is 2.47. The third-order valence-corrected chi connectivity index (χ3v) is 3.56. The van der Waals surface area contributed by atoms with Crippen LogP contribution in [0.5, 0.6) is 5.75 Å². The zero-order valence-corrected chi connectivity index (χ0v) is 10.5. The highest BCUT2D eigenvalue weighted by Gasteiger charge is 2.39. The zero-order valence-electron chi connectivity index (χ0n) is 10.5. The van der Waals surface area contributed by atoms with E-state index in [-0.39, 0.29) is 5.82 Å². The molecule has 0 saturated carbocycles. The van der Waals surface area contributed by atoms with Gasteiger partial charge in [-0.25, -0.2) is 4.39 Å². The fourth-order valence-electron chi connectivity index (χ4n) is 2.54. The molecule has 19 heavy (non-hydrogen) atoms. The molecule has 1 unspecified atom stereocenters. The molecule has 0 amide bonds. The van der Waals surface area contributed by atoms with Gasteiger partial charge in [-0.05, 0) is 23.8 Å². The molecule has 2 aromatic rings. The van der Waals surface area contributed by atoms with Gasteiger partial charge in [-0.3, -0.25) is 0 Å². The van der Waals surface area contributed by atoms with Crippen LogP contribution in [0.3, 0.4) is 0 Å². The molecular formula is C16H12FNO. The number of hydrogen-bond acceptors (Lipinski definition) is 2. The van der Waals surface area contributed by atoms with Gasteiger partial charge in [0.1, 0.15) is 17.6 Å². The van der Waals surface area contributed by atoms with E-state index in [0.717, 1.165) is 11.1 Å². The van der Waals surface area contributed by atoms with Crippen molar-refractivity contribution in [2.24, 2.45) is 0 Å². The number of nitriles is 1. The monoisotopic (exact) mass is 253 g/mol. The molecule has 0 fully saturated rings. The topological polar surface area (TPSA) is 33.0 Å². The quantitative estimate of drug-likeness (QED) is 0.769. The number of rotatable bonds is 1. The molecule has 1 heterocycles. The van der Waals surface area contributed by atoms with Crippen LogP contribution < -0.4 is 4.74 Å². The third-order valence-electron chi connectivity index (χ3n) is 3.56. The first-order chi connectivity index (χ1) is 9.20. The Labute approximate surface area is 111 Å². The molecule has 1 aliphatic rings. The first kappa shape index (κ1) is 11.7. The number of ether oxygens (including phenoxy) is 1. The molecule has 3 rings (SSSR count). The smallest absolute Gasteiger partial charge is 0.220 e. The first-order valence-electron chi connectivity index (χ1n) is 6.20. The van der Waals surface area contributed by atoms with Crippen molar-refractivity contribution in [3.05, 3.63) is 53.8 Å². The second-order valence-electron chi connectivity index (χ2n) is 4.58. The van der Waals surface area contributed by atoms with Gasteiger partial charge < -0.3 is 4.74 Å². The Hall–Kier alpha value is -2.34. The van der Waals surface area contributed by atoms with Crippen LogP contribution in [0.2, 0.25) is 0 Å². The summed E-state index contributed by atoms with van der Waals surface area (Å²) in [4.78, 5) is 0. The van der Waals surface area contributed by atoms with E-state index in [0.29, 0.717) is 17.7 Å². The average molecular weight is 253 g/mol. The highest BCUT2D eigenvalue weighted by Crippen LogP contribution is 2.46. The Bertz CT molecular complexity index is 689. The van der Waals surface area contributed by atoms with Crippen molar-refractivity contribution in [3.8, 4) is 22.9 Å². The second-order valence-corrected chi connectivity index (χ2v) is 4.58. The molecule has 2 nitrogen and oxygen atoms in total. The van der Waals surface area contributed by atoms with E-state index in [2.05, 4.69) is 6.07 Å². The van der Waals surface area contributed by atoms with E-state index in [1.165, 1.54) is 12.1 Å². The largest absolute Gasteiger partial charge is 0.467 e. The van der Waals surface area contributed by atoms with Crippen molar-refractivity contribution in [1.29, 1.82) is 5.26 Å². The summed E-state index contributed by atoms with van der Waals surface area (Å²) in [6, 6.07) is 14.2. The third kappa shape index (κ3) is 1.61. The summed E-state index contributed by atoms with van der Waals surface area (Å²) < 4.78 is 19.3. The SMILES string of the molecule is CCC1(C#N)Oc2ccc(F)cc2-c2ccccc21. The summed E-state index contributed by atoms with van der Waals surface area (Å²) in [5, 5.41) is 9.52. The summed E-state index contributed by atoms with van der Waals surface area (Å²) in [6.07, 6.45) is 0.539. The van der Waals surface area contributed by atoms with Crippen molar-refractivity contribution < 1.29 is 9.13 Å². The van der Waals surface area contributed by atoms with Crippen LogP contribution in [0.15, 0.2) is 42.5 Å². The van der Waals surface area contributed by atoms with Crippen molar-refractivity contribution in [2.75, 3.05) is 0 Å². The molecule has 3 heteroatoms. The maximum absolute atomic E-state index is 13.4. The molecule has 0 aliphatic carbocycles. The number of hydrogen-bond donors (Lipinski definition) is 0. The Morgan fingerprint density at radius 3 is 2.74 bits per heavy atom. The van der Waals surface area contributed by atoms with E-state index in [1.807, 2.05) is 31.2 Å². The molecule has 0 radical (unpaired) electrons. The number of fused-ring (bicyclic) bond motifs is 3. The molecule has 94 valence electrons. The first-order valence-corrected chi connectivity index (χ1v) is 6.20. The minimum absolute atomic E-state index is 0.307. The fourth-order valence-corrected chi connectivity index (χ4v) is 2.54.